The van der Waals surface area contributed by atoms with Crippen molar-refractivity contribution in [1.82, 2.24) is 5.09 Å². The highest BCUT2D eigenvalue weighted by atomic mass is 31.2. The lowest BCUT2D eigenvalue weighted by atomic mass is 10.3. The minimum Gasteiger partial charge on any atom is -0.480 e. The van der Waals surface area contributed by atoms with Crippen LogP contribution in [0.2, 0.25) is 0 Å². The number of carboxylic acid groups (broad SMARTS) is 1. The Hall–Kier alpha value is -0.500. The molecule has 7 N–H and O–H groups in total. The first-order valence-corrected chi connectivity index (χ1v) is 4.15. The molecule has 0 aliphatic carbocycles. The van der Waals surface area contributed by atoms with Gasteiger partial charge < -0.3 is 25.5 Å². The van der Waals surface area contributed by atoms with Crippen LogP contribution in [0.1, 0.15) is 0 Å². The van der Waals surface area contributed by atoms with E-state index in [1.54, 1.807) is 0 Å². The zero-order chi connectivity index (χ0) is 9.07. The van der Waals surface area contributed by atoms with Gasteiger partial charge in [0, 0.05) is 0 Å². The highest BCUT2D eigenvalue weighted by molar-refractivity contribution is 7.49. The molecule has 0 saturated carbocycles. The van der Waals surface area contributed by atoms with E-state index in [1.807, 2.05) is 0 Å². The van der Waals surface area contributed by atoms with Crippen LogP contribution < -0.4 is 5.09 Å². The van der Waals surface area contributed by atoms with Crippen molar-refractivity contribution in [2.24, 2.45) is 0 Å². The molecular formula is C3H10NO7P. The second kappa shape index (κ2) is 5.20. The summed E-state index contributed by atoms with van der Waals surface area (Å²) in [5.74, 6) is -1.52. The summed E-state index contributed by atoms with van der Waals surface area (Å²) < 4.78 is 10.1. The number of nitrogens with one attached hydrogen (secondary N) is 1. The normalized spacial score (nSPS) is 13.2. The molecule has 0 unspecified atom stereocenters. The first-order valence-electron chi connectivity index (χ1n) is 2.54. The Balaban J connectivity index is 0. The average molecular weight is 203 g/mol. The van der Waals surface area contributed by atoms with E-state index < -0.39 is 26.4 Å². The molecule has 8 nitrogen and oxygen atoms in total. The second-order valence-corrected chi connectivity index (χ2v) is 3.09. The Bertz CT molecular complexity index is 187. The third kappa shape index (κ3) is 6.23. The smallest absolute Gasteiger partial charge is 0.401 e. The van der Waals surface area contributed by atoms with E-state index in [2.05, 4.69) is 0 Å². The van der Waals surface area contributed by atoms with Crippen molar-refractivity contribution in [2.45, 2.75) is 6.04 Å². The van der Waals surface area contributed by atoms with Crippen LogP contribution in [0.3, 0.4) is 0 Å². The number of rotatable bonds is 4. The highest BCUT2D eigenvalue weighted by Gasteiger charge is 2.24. The third-order valence-electron chi connectivity index (χ3n) is 0.805. The van der Waals surface area contributed by atoms with Gasteiger partial charge in [-0.3, -0.25) is 4.79 Å². The Morgan fingerprint density at radius 1 is 1.50 bits per heavy atom. The maximum absolute atomic E-state index is 10.1. The van der Waals surface area contributed by atoms with Gasteiger partial charge in [-0.1, -0.05) is 0 Å². The minimum absolute atomic E-state index is 0. The van der Waals surface area contributed by atoms with Gasteiger partial charge in [-0.25, -0.2) is 9.65 Å². The largest absolute Gasteiger partial charge is 0.480 e. The predicted octanol–water partition coefficient (Wildman–Crippen LogP) is -2.71. The minimum atomic E-state index is -4.58. The van der Waals surface area contributed by atoms with Gasteiger partial charge in [-0.2, -0.15) is 0 Å². The molecule has 9 heteroatoms. The number of aliphatic hydroxyl groups is 1. The summed E-state index contributed by atoms with van der Waals surface area (Å²) in [4.78, 5) is 26.4. The molecule has 0 spiro atoms. The van der Waals surface area contributed by atoms with Gasteiger partial charge >= 0.3 is 13.7 Å². The van der Waals surface area contributed by atoms with E-state index in [0.717, 1.165) is 0 Å². The number of aliphatic hydroxyl groups excluding tert-OH is 1. The summed E-state index contributed by atoms with van der Waals surface area (Å²) in [6, 6.07) is -1.63. The molecule has 0 fully saturated rings. The fourth-order valence-electron chi connectivity index (χ4n) is 0.377. The lowest BCUT2D eigenvalue weighted by Gasteiger charge is -2.11. The summed E-state index contributed by atoms with van der Waals surface area (Å²) in [6.45, 7) is -0.875. The van der Waals surface area contributed by atoms with Crippen LogP contribution in [0.15, 0.2) is 0 Å². The molecule has 0 aliphatic rings. The number of carbonyl (C=O) groups is 1. The monoisotopic (exact) mass is 203 g/mol. The summed E-state index contributed by atoms with van der Waals surface area (Å²) in [5, 5.41) is 17.9. The van der Waals surface area contributed by atoms with Crippen molar-refractivity contribution >= 4 is 13.7 Å². The molecule has 74 valence electrons. The lowest BCUT2D eigenvalue weighted by molar-refractivity contribution is -0.140. The van der Waals surface area contributed by atoms with Crippen LogP contribution >= 0.6 is 7.75 Å². The van der Waals surface area contributed by atoms with Crippen LogP contribution in [0, 0.1) is 0 Å². The van der Waals surface area contributed by atoms with Crippen molar-refractivity contribution < 1.29 is 34.8 Å². The average Bonchev–Trinajstić information content (AvgIpc) is 1.80. The maximum atomic E-state index is 10.1. The molecule has 0 aromatic rings. The highest BCUT2D eigenvalue weighted by Crippen LogP contribution is 2.28. The predicted molar refractivity (Wildman–Crippen MR) is 37.3 cm³/mol. The van der Waals surface area contributed by atoms with Crippen molar-refractivity contribution in [1.29, 1.82) is 0 Å². The van der Waals surface area contributed by atoms with Gasteiger partial charge in [0.2, 0.25) is 0 Å². The van der Waals surface area contributed by atoms with E-state index in [0.29, 0.717) is 0 Å². The van der Waals surface area contributed by atoms with Crippen molar-refractivity contribution in [3.8, 4) is 0 Å². The lowest BCUT2D eigenvalue weighted by Crippen LogP contribution is -2.37. The van der Waals surface area contributed by atoms with Gasteiger partial charge in [0.05, 0.1) is 6.61 Å². The van der Waals surface area contributed by atoms with E-state index >= 15 is 0 Å². The first-order chi connectivity index (χ1) is 4.87. The van der Waals surface area contributed by atoms with Crippen LogP contribution in [-0.4, -0.2) is 44.1 Å². The standard InChI is InChI=1S/C3H8NO6P.H2O/c5-1-2(3(6)7)4-11(8,9)10;/h2,5H,1H2,(H,6,7)(H3,4,8,9,10);1H2/t2-;/m0./s1. The summed E-state index contributed by atoms with van der Waals surface area (Å²) in [5.41, 5.74) is 0. The molecule has 0 heterocycles. The topological polar surface area (TPSA) is 159 Å². The van der Waals surface area contributed by atoms with E-state index in [1.165, 1.54) is 5.09 Å². The SMILES string of the molecule is O.O=C(O)[C@H](CO)NP(=O)(O)O. The number of hydrogen-bond donors (Lipinski definition) is 5. The quantitative estimate of drug-likeness (QED) is 0.310. The molecule has 12 heavy (non-hydrogen) atoms. The van der Waals surface area contributed by atoms with Crippen LogP contribution in [0.4, 0.5) is 0 Å². The Labute approximate surface area is 67.4 Å². The van der Waals surface area contributed by atoms with Gasteiger partial charge in [0.25, 0.3) is 0 Å². The molecule has 1 atom stereocenters. The van der Waals surface area contributed by atoms with E-state index in [9.17, 15) is 9.36 Å². The molecule has 0 aromatic carbocycles. The number of carboxylic acids is 1. The molecule has 0 bridgehead atoms. The van der Waals surface area contributed by atoms with Crippen LogP contribution in [0.5, 0.6) is 0 Å². The zero-order valence-corrected chi connectivity index (χ0v) is 6.73. The van der Waals surface area contributed by atoms with E-state index in [-0.39, 0.29) is 5.48 Å². The molecular weight excluding hydrogens is 193 g/mol. The Morgan fingerprint density at radius 2 is 1.92 bits per heavy atom. The zero-order valence-electron chi connectivity index (χ0n) is 5.84. The van der Waals surface area contributed by atoms with Crippen molar-refractivity contribution in [3.05, 3.63) is 0 Å². The molecule has 0 amide bonds. The summed E-state index contributed by atoms with van der Waals surface area (Å²) in [6.07, 6.45) is 0. The van der Waals surface area contributed by atoms with Gasteiger partial charge in [0.1, 0.15) is 6.04 Å². The Morgan fingerprint density at radius 3 is 2.00 bits per heavy atom. The number of hydrogen-bond acceptors (Lipinski definition) is 3. The van der Waals surface area contributed by atoms with Gasteiger partial charge in [-0.15, -0.1) is 0 Å². The fraction of sp³-hybridized carbons (Fsp3) is 0.667. The molecule has 0 radical (unpaired) electrons. The Kier molecular flexibility index (Phi) is 6.09. The van der Waals surface area contributed by atoms with Gasteiger partial charge in [0.15, 0.2) is 0 Å². The molecule has 0 aromatic heterocycles. The molecule has 0 rings (SSSR count). The fourth-order valence-corrected chi connectivity index (χ4v) is 0.975. The second-order valence-electron chi connectivity index (χ2n) is 1.75. The molecule has 0 aliphatic heterocycles. The van der Waals surface area contributed by atoms with Crippen LogP contribution in [-0.2, 0) is 9.36 Å². The van der Waals surface area contributed by atoms with Crippen LogP contribution in [0.25, 0.3) is 0 Å². The summed E-state index contributed by atoms with van der Waals surface area (Å²) >= 11 is 0. The molecule has 0 saturated heterocycles. The number of aliphatic carboxylic acids is 1. The first kappa shape index (κ1) is 14.0. The third-order valence-corrected chi connectivity index (χ3v) is 1.45. The van der Waals surface area contributed by atoms with Crippen molar-refractivity contribution in [3.63, 3.8) is 0 Å². The van der Waals surface area contributed by atoms with Crippen molar-refractivity contribution in [2.75, 3.05) is 6.61 Å². The summed E-state index contributed by atoms with van der Waals surface area (Å²) in [7, 11) is -4.58. The maximum Gasteiger partial charge on any atom is 0.401 e. The van der Waals surface area contributed by atoms with Gasteiger partial charge in [-0.05, 0) is 0 Å². The van der Waals surface area contributed by atoms with E-state index in [4.69, 9.17) is 20.0 Å².